The summed E-state index contributed by atoms with van der Waals surface area (Å²) >= 11 is 0. The van der Waals surface area contributed by atoms with E-state index in [-0.39, 0.29) is 5.56 Å². The molecule has 0 saturated heterocycles. The summed E-state index contributed by atoms with van der Waals surface area (Å²) in [5.41, 5.74) is 6.26. The SMILES string of the molecule is C=CCC(N)c1ccccc1C(F)F. The van der Waals surface area contributed by atoms with Crippen LogP contribution in [-0.4, -0.2) is 0 Å². The van der Waals surface area contributed by atoms with E-state index >= 15 is 0 Å². The maximum absolute atomic E-state index is 12.5. The van der Waals surface area contributed by atoms with Crippen molar-refractivity contribution in [1.29, 1.82) is 0 Å². The molecule has 0 amide bonds. The molecule has 0 heterocycles. The van der Waals surface area contributed by atoms with Gasteiger partial charge in [-0.2, -0.15) is 0 Å². The number of hydrogen-bond donors (Lipinski definition) is 1. The normalized spacial score (nSPS) is 12.9. The highest BCUT2D eigenvalue weighted by Crippen LogP contribution is 2.27. The lowest BCUT2D eigenvalue weighted by atomic mass is 9.99. The quantitative estimate of drug-likeness (QED) is 0.737. The van der Waals surface area contributed by atoms with Crippen LogP contribution in [0.4, 0.5) is 8.78 Å². The Hall–Kier alpha value is -1.22. The van der Waals surface area contributed by atoms with Crippen LogP contribution in [-0.2, 0) is 0 Å². The minimum Gasteiger partial charge on any atom is -0.324 e. The van der Waals surface area contributed by atoms with E-state index in [1.807, 2.05) is 0 Å². The van der Waals surface area contributed by atoms with Gasteiger partial charge < -0.3 is 5.73 Å². The molecule has 1 nitrogen and oxygen atoms in total. The van der Waals surface area contributed by atoms with E-state index in [1.165, 1.54) is 6.07 Å². The monoisotopic (exact) mass is 197 g/mol. The fraction of sp³-hybridized carbons (Fsp3) is 0.273. The number of nitrogens with two attached hydrogens (primary N) is 1. The van der Waals surface area contributed by atoms with Crippen LogP contribution in [0.1, 0.15) is 30.0 Å². The molecule has 1 aromatic carbocycles. The van der Waals surface area contributed by atoms with Crippen molar-refractivity contribution in [2.75, 3.05) is 0 Å². The van der Waals surface area contributed by atoms with Crippen molar-refractivity contribution in [2.24, 2.45) is 5.73 Å². The summed E-state index contributed by atoms with van der Waals surface area (Å²) in [6.45, 7) is 3.53. The summed E-state index contributed by atoms with van der Waals surface area (Å²) in [5, 5.41) is 0. The summed E-state index contributed by atoms with van der Waals surface area (Å²) in [4.78, 5) is 0. The van der Waals surface area contributed by atoms with Crippen LogP contribution in [0, 0.1) is 0 Å². The Morgan fingerprint density at radius 3 is 2.36 bits per heavy atom. The predicted octanol–water partition coefficient (Wildman–Crippen LogP) is 3.20. The first-order valence-corrected chi connectivity index (χ1v) is 4.40. The maximum Gasteiger partial charge on any atom is 0.264 e. The van der Waals surface area contributed by atoms with Gasteiger partial charge in [-0.1, -0.05) is 30.3 Å². The number of benzene rings is 1. The molecule has 1 aromatic rings. The Kier molecular flexibility index (Phi) is 3.77. The summed E-state index contributed by atoms with van der Waals surface area (Å²) in [5.74, 6) is 0. The Morgan fingerprint density at radius 2 is 1.86 bits per heavy atom. The highest BCUT2D eigenvalue weighted by atomic mass is 19.3. The fourth-order valence-electron chi connectivity index (χ4n) is 1.35. The lowest BCUT2D eigenvalue weighted by Crippen LogP contribution is -2.11. The summed E-state index contributed by atoms with van der Waals surface area (Å²) in [6, 6.07) is 5.95. The van der Waals surface area contributed by atoms with Crippen LogP contribution >= 0.6 is 0 Å². The number of halogens is 2. The number of hydrogen-bond acceptors (Lipinski definition) is 1. The van der Waals surface area contributed by atoms with Gasteiger partial charge in [0, 0.05) is 11.6 Å². The van der Waals surface area contributed by atoms with E-state index in [1.54, 1.807) is 24.3 Å². The van der Waals surface area contributed by atoms with Gasteiger partial charge in [0.05, 0.1) is 0 Å². The number of rotatable bonds is 4. The van der Waals surface area contributed by atoms with Crippen LogP contribution in [0.2, 0.25) is 0 Å². The van der Waals surface area contributed by atoms with E-state index in [2.05, 4.69) is 6.58 Å². The second-order valence-corrected chi connectivity index (χ2v) is 3.06. The molecule has 0 saturated carbocycles. The molecular weight excluding hydrogens is 184 g/mol. The first-order chi connectivity index (χ1) is 6.66. The van der Waals surface area contributed by atoms with E-state index in [4.69, 9.17) is 5.73 Å². The van der Waals surface area contributed by atoms with E-state index in [0.29, 0.717) is 12.0 Å². The molecular formula is C11H13F2N. The van der Waals surface area contributed by atoms with Gasteiger partial charge in [-0.25, -0.2) is 8.78 Å². The van der Waals surface area contributed by atoms with Crippen LogP contribution in [0.15, 0.2) is 36.9 Å². The van der Waals surface area contributed by atoms with Gasteiger partial charge in [-0.15, -0.1) is 6.58 Å². The molecule has 0 radical (unpaired) electrons. The van der Waals surface area contributed by atoms with Crippen LogP contribution in [0.25, 0.3) is 0 Å². The summed E-state index contributed by atoms with van der Waals surface area (Å²) < 4.78 is 25.1. The van der Waals surface area contributed by atoms with Crippen molar-refractivity contribution < 1.29 is 8.78 Å². The first-order valence-electron chi connectivity index (χ1n) is 4.40. The zero-order valence-corrected chi connectivity index (χ0v) is 7.79. The highest BCUT2D eigenvalue weighted by Gasteiger charge is 2.15. The molecule has 2 N–H and O–H groups in total. The average molecular weight is 197 g/mol. The minimum atomic E-state index is -2.47. The third-order valence-corrected chi connectivity index (χ3v) is 2.05. The van der Waals surface area contributed by atoms with Crippen molar-refractivity contribution in [2.45, 2.75) is 18.9 Å². The predicted molar refractivity (Wildman–Crippen MR) is 53.1 cm³/mol. The summed E-state index contributed by atoms with van der Waals surface area (Å²) in [7, 11) is 0. The van der Waals surface area contributed by atoms with Crippen molar-refractivity contribution >= 4 is 0 Å². The zero-order chi connectivity index (χ0) is 10.6. The second-order valence-electron chi connectivity index (χ2n) is 3.06. The van der Waals surface area contributed by atoms with E-state index in [9.17, 15) is 8.78 Å². The molecule has 0 fully saturated rings. The second kappa shape index (κ2) is 4.86. The number of alkyl halides is 2. The third kappa shape index (κ3) is 2.39. The van der Waals surface area contributed by atoms with Crippen LogP contribution in [0.5, 0.6) is 0 Å². The molecule has 76 valence electrons. The third-order valence-electron chi connectivity index (χ3n) is 2.05. The molecule has 0 aliphatic carbocycles. The average Bonchev–Trinajstić information content (AvgIpc) is 2.18. The molecule has 14 heavy (non-hydrogen) atoms. The van der Waals surface area contributed by atoms with E-state index in [0.717, 1.165) is 0 Å². The van der Waals surface area contributed by atoms with Gasteiger partial charge >= 0.3 is 0 Å². The van der Waals surface area contributed by atoms with Gasteiger partial charge in [0.2, 0.25) is 0 Å². The van der Waals surface area contributed by atoms with Crippen molar-refractivity contribution in [1.82, 2.24) is 0 Å². The highest BCUT2D eigenvalue weighted by molar-refractivity contribution is 5.31. The molecule has 0 spiro atoms. The van der Waals surface area contributed by atoms with Gasteiger partial charge in [0.1, 0.15) is 0 Å². The molecule has 1 atom stereocenters. The molecule has 0 aliphatic heterocycles. The maximum atomic E-state index is 12.5. The summed E-state index contributed by atoms with van der Waals surface area (Å²) in [6.07, 6.45) is -0.335. The zero-order valence-electron chi connectivity index (χ0n) is 7.79. The Morgan fingerprint density at radius 1 is 1.29 bits per heavy atom. The minimum absolute atomic E-state index is 0.0156. The smallest absolute Gasteiger partial charge is 0.264 e. The van der Waals surface area contributed by atoms with Crippen LogP contribution in [0.3, 0.4) is 0 Å². The lowest BCUT2D eigenvalue weighted by molar-refractivity contribution is 0.149. The van der Waals surface area contributed by atoms with Gasteiger partial charge in [-0.05, 0) is 12.0 Å². The largest absolute Gasteiger partial charge is 0.324 e. The Balaban J connectivity index is 2.99. The molecule has 0 aromatic heterocycles. The van der Waals surface area contributed by atoms with Crippen LogP contribution < -0.4 is 5.73 Å². The molecule has 0 bridgehead atoms. The van der Waals surface area contributed by atoms with Crippen molar-refractivity contribution in [3.8, 4) is 0 Å². The van der Waals surface area contributed by atoms with Gasteiger partial charge in [0.25, 0.3) is 6.43 Å². The first kappa shape index (κ1) is 10.9. The molecule has 1 unspecified atom stereocenters. The van der Waals surface area contributed by atoms with Crippen molar-refractivity contribution in [3.05, 3.63) is 48.0 Å². The molecule has 1 rings (SSSR count). The van der Waals surface area contributed by atoms with Gasteiger partial charge in [-0.3, -0.25) is 0 Å². The topological polar surface area (TPSA) is 26.0 Å². The standard InChI is InChI=1S/C11H13F2N/c1-2-5-10(14)8-6-3-4-7-9(8)11(12)13/h2-4,6-7,10-11H,1,5,14H2. The van der Waals surface area contributed by atoms with Crippen molar-refractivity contribution in [3.63, 3.8) is 0 Å². The molecule has 3 heteroatoms. The lowest BCUT2D eigenvalue weighted by Gasteiger charge is -2.14. The molecule has 0 aliphatic rings. The fourth-order valence-corrected chi connectivity index (χ4v) is 1.35. The van der Waals surface area contributed by atoms with Gasteiger partial charge in [0.15, 0.2) is 0 Å². The van der Waals surface area contributed by atoms with E-state index < -0.39 is 12.5 Å². The Bertz CT molecular complexity index is 310. The Labute approximate surface area is 82.2 Å².